The van der Waals surface area contributed by atoms with Crippen LogP contribution in [0.2, 0.25) is 0 Å². The summed E-state index contributed by atoms with van der Waals surface area (Å²) in [7, 11) is 0. The van der Waals surface area contributed by atoms with Crippen molar-refractivity contribution in [1.82, 2.24) is 4.98 Å². The molecule has 0 aliphatic heterocycles. The lowest BCUT2D eigenvalue weighted by Gasteiger charge is -2.12. The molecule has 0 spiro atoms. The normalized spacial score (nSPS) is 10.2. The van der Waals surface area contributed by atoms with Crippen LogP contribution in [0.15, 0.2) is 67.0 Å². The van der Waals surface area contributed by atoms with Crippen molar-refractivity contribution >= 4 is 23.0 Å². The van der Waals surface area contributed by atoms with Crippen LogP contribution >= 0.6 is 0 Å². The number of pyridine rings is 1. The van der Waals surface area contributed by atoms with E-state index in [1.54, 1.807) is 12.3 Å². The number of rotatable bonds is 6. The van der Waals surface area contributed by atoms with Gasteiger partial charge in [-0.2, -0.15) is 0 Å². The summed E-state index contributed by atoms with van der Waals surface area (Å²) in [5.41, 5.74) is 2.33. The molecule has 3 aromatic rings. The van der Waals surface area contributed by atoms with Crippen molar-refractivity contribution in [2.24, 2.45) is 0 Å². The maximum Gasteiger partial charge on any atom is 0.257 e. The standard InChI is InChI=1S/C20H18FN3O2/c1-2-26-19-6-4-3-5-18(19)23-17-11-14(12-22-13-17)20(25)24-16-9-7-15(21)8-10-16/h3-13,23H,2H2,1H3,(H,24,25). The molecule has 0 aliphatic rings. The van der Waals surface area contributed by atoms with Gasteiger partial charge in [-0.1, -0.05) is 12.1 Å². The Morgan fingerprint density at radius 3 is 2.62 bits per heavy atom. The van der Waals surface area contributed by atoms with Gasteiger partial charge in [-0.05, 0) is 49.4 Å². The summed E-state index contributed by atoms with van der Waals surface area (Å²) in [5.74, 6) is 0.0332. The number of carbonyl (C=O) groups is 1. The Kier molecular flexibility index (Phi) is 5.43. The summed E-state index contributed by atoms with van der Waals surface area (Å²) in [6.07, 6.45) is 3.09. The van der Waals surface area contributed by atoms with Gasteiger partial charge in [0.25, 0.3) is 5.91 Å². The number of para-hydroxylation sites is 2. The van der Waals surface area contributed by atoms with Crippen molar-refractivity contribution in [3.63, 3.8) is 0 Å². The maximum absolute atomic E-state index is 13.0. The molecule has 26 heavy (non-hydrogen) atoms. The molecule has 0 unspecified atom stereocenters. The SMILES string of the molecule is CCOc1ccccc1Nc1cncc(C(=O)Nc2ccc(F)cc2)c1. The van der Waals surface area contributed by atoms with E-state index in [0.29, 0.717) is 23.5 Å². The van der Waals surface area contributed by atoms with Crippen LogP contribution < -0.4 is 15.4 Å². The predicted octanol–water partition coefficient (Wildman–Crippen LogP) is 4.62. The Bertz CT molecular complexity index is 898. The monoisotopic (exact) mass is 351 g/mol. The second-order valence-electron chi connectivity index (χ2n) is 5.48. The molecule has 1 heterocycles. The van der Waals surface area contributed by atoms with Gasteiger partial charge in [0.2, 0.25) is 0 Å². The zero-order valence-electron chi connectivity index (χ0n) is 14.2. The van der Waals surface area contributed by atoms with Crippen LogP contribution in [0.1, 0.15) is 17.3 Å². The average Bonchev–Trinajstić information content (AvgIpc) is 2.66. The molecule has 0 atom stereocenters. The van der Waals surface area contributed by atoms with Gasteiger partial charge in [0.1, 0.15) is 11.6 Å². The van der Waals surface area contributed by atoms with Crippen molar-refractivity contribution in [1.29, 1.82) is 0 Å². The minimum atomic E-state index is -0.358. The number of nitrogens with one attached hydrogen (secondary N) is 2. The van der Waals surface area contributed by atoms with Crippen molar-refractivity contribution < 1.29 is 13.9 Å². The van der Waals surface area contributed by atoms with Crippen LogP contribution in [0.5, 0.6) is 5.75 Å². The molecule has 1 aromatic heterocycles. The predicted molar refractivity (Wildman–Crippen MR) is 99.5 cm³/mol. The molecule has 2 N–H and O–H groups in total. The maximum atomic E-state index is 13.0. The number of ether oxygens (including phenoxy) is 1. The van der Waals surface area contributed by atoms with Gasteiger partial charge >= 0.3 is 0 Å². The second-order valence-corrected chi connectivity index (χ2v) is 5.48. The topological polar surface area (TPSA) is 63.2 Å². The van der Waals surface area contributed by atoms with Crippen molar-refractivity contribution in [3.05, 3.63) is 78.4 Å². The third-order valence-corrected chi connectivity index (χ3v) is 3.57. The molecule has 6 heteroatoms. The molecule has 0 aliphatic carbocycles. The second kappa shape index (κ2) is 8.11. The highest BCUT2D eigenvalue weighted by Crippen LogP contribution is 2.27. The number of anilines is 3. The number of amides is 1. The Balaban J connectivity index is 1.76. The van der Waals surface area contributed by atoms with Crippen LogP contribution in [0.4, 0.5) is 21.5 Å². The molecule has 0 fully saturated rings. The smallest absolute Gasteiger partial charge is 0.257 e. The average molecular weight is 351 g/mol. The third-order valence-electron chi connectivity index (χ3n) is 3.57. The highest BCUT2D eigenvalue weighted by atomic mass is 19.1. The summed E-state index contributed by atoms with van der Waals surface area (Å²) >= 11 is 0. The van der Waals surface area contributed by atoms with E-state index < -0.39 is 0 Å². The molecule has 2 aromatic carbocycles. The summed E-state index contributed by atoms with van der Waals surface area (Å²) < 4.78 is 18.5. The molecular weight excluding hydrogens is 333 g/mol. The van der Waals surface area contributed by atoms with Gasteiger partial charge in [-0.3, -0.25) is 9.78 Å². The van der Waals surface area contributed by atoms with Crippen LogP contribution in [0, 0.1) is 5.82 Å². The van der Waals surface area contributed by atoms with E-state index in [4.69, 9.17) is 4.74 Å². The summed E-state index contributed by atoms with van der Waals surface area (Å²) in [5, 5.41) is 5.92. The first kappa shape index (κ1) is 17.4. The fourth-order valence-corrected chi connectivity index (χ4v) is 2.38. The zero-order chi connectivity index (χ0) is 18.4. The molecule has 0 bridgehead atoms. The number of nitrogens with zero attached hydrogens (tertiary/aromatic N) is 1. The van der Waals surface area contributed by atoms with E-state index in [1.807, 2.05) is 31.2 Å². The Morgan fingerprint density at radius 1 is 1.08 bits per heavy atom. The summed E-state index contributed by atoms with van der Waals surface area (Å²) in [4.78, 5) is 16.5. The van der Waals surface area contributed by atoms with Gasteiger partial charge < -0.3 is 15.4 Å². The number of aromatic nitrogens is 1. The minimum Gasteiger partial charge on any atom is -0.492 e. The fraction of sp³-hybridized carbons (Fsp3) is 0.100. The molecule has 0 saturated carbocycles. The molecule has 5 nitrogen and oxygen atoms in total. The van der Waals surface area contributed by atoms with Crippen molar-refractivity contribution in [2.75, 3.05) is 17.2 Å². The van der Waals surface area contributed by atoms with Crippen molar-refractivity contribution in [2.45, 2.75) is 6.92 Å². The summed E-state index contributed by atoms with van der Waals surface area (Å²) in [6, 6.07) is 14.8. The van der Waals surface area contributed by atoms with E-state index in [1.165, 1.54) is 30.5 Å². The molecule has 132 valence electrons. The van der Waals surface area contributed by atoms with Gasteiger partial charge in [-0.15, -0.1) is 0 Å². The third kappa shape index (κ3) is 4.36. The Labute approximate surface area is 150 Å². The lowest BCUT2D eigenvalue weighted by molar-refractivity contribution is 0.102. The number of halogens is 1. The zero-order valence-corrected chi connectivity index (χ0v) is 14.2. The largest absolute Gasteiger partial charge is 0.492 e. The molecule has 3 rings (SSSR count). The lowest BCUT2D eigenvalue weighted by atomic mass is 10.2. The fourth-order valence-electron chi connectivity index (χ4n) is 2.38. The Morgan fingerprint density at radius 2 is 1.85 bits per heavy atom. The summed E-state index contributed by atoms with van der Waals surface area (Å²) in [6.45, 7) is 2.47. The Hall–Kier alpha value is -3.41. The van der Waals surface area contributed by atoms with Gasteiger partial charge in [0.05, 0.1) is 29.7 Å². The molecule has 0 saturated heterocycles. The first-order valence-electron chi connectivity index (χ1n) is 8.16. The van der Waals surface area contributed by atoms with Gasteiger partial charge in [-0.25, -0.2) is 4.39 Å². The van der Waals surface area contributed by atoms with Crippen LogP contribution in [-0.2, 0) is 0 Å². The lowest BCUT2D eigenvalue weighted by Crippen LogP contribution is -2.12. The minimum absolute atomic E-state index is 0.328. The van der Waals surface area contributed by atoms with Crippen LogP contribution in [0.3, 0.4) is 0 Å². The highest BCUT2D eigenvalue weighted by molar-refractivity contribution is 6.04. The molecular formula is C20H18FN3O2. The van der Waals surface area contributed by atoms with Gasteiger partial charge in [0.15, 0.2) is 0 Å². The van der Waals surface area contributed by atoms with E-state index in [0.717, 1.165) is 11.4 Å². The van der Waals surface area contributed by atoms with E-state index >= 15 is 0 Å². The number of carbonyl (C=O) groups excluding carboxylic acids is 1. The van der Waals surface area contributed by atoms with E-state index in [-0.39, 0.29) is 11.7 Å². The highest BCUT2D eigenvalue weighted by Gasteiger charge is 2.09. The first-order valence-corrected chi connectivity index (χ1v) is 8.16. The van der Waals surface area contributed by atoms with E-state index in [9.17, 15) is 9.18 Å². The number of hydrogen-bond acceptors (Lipinski definition) is 4. The molecule has 0 radical (unpaired) electrons. The van der Waals surface area contributed by atoms with Crippen molar-refractivity contribution in [3.8, 4) is 5.75 Å². The first-order chi connectivity index (χ1) is 12.7. The molecule has 1 amide bonds. The van der Waals surface area contributed by atoms with Crippen LogP contribution in [-0.4, -0.2) is 17.5 Å². The quantitative estimate of drug-likeness (QED) is 0.680. The number of hydrogen-bond donors (Lipinski definition) is 2. The van der Waals surface area contributed by atoms with Gasteiger partial charge in [0, 0.05) is 11.9 Å². The number of benzene rings is 2. The van der Waals surface area contributed by atoms with E-state index in [2.05, 4.69) is 15.6 Å². The van der Waals surface area contributed by atoms with Crippen LogP contribution in [0.25, 0.3) is 0 Å².